The molecule has 1 aliphatic rings. The van der Waals surface area contributed by atoms with E-state index in [2.05, 4.69) is 43.5 Å². The molecule has 0 unspecified atom stereocenters. The monoisotopic (exact) mass is 339 g/mol. The minimum atomic E-state index is 0.433. The largest absolute Gasteiger partial charge is 0.488 e. The molecule has 0 bridgehead atoms. The highest BCUT2D eigenvalue weighted by Crippen LogP contribution is 2.31. The Balaban J connectivity index is 2.18. The van der Waals surface area contributed by atoms with E-state index in [9.17, 15) is 0 Å². The van der Waals surface area contributed by atoms with Gasteiger partial charge in [0.15, 0.2) is 5.75 Å². The number of halogens is 2. The molecule has 1 fully saturated rings. The maximum absolute atomic E-state index is 5.60. The fraction of sp³-hybridized carbons (Fsp3) is 0.375. The Morgan fingerprint density at radius 3 is 2.92 bits per heavy atom. The molecule has 1 aromatic heterocycles. The fourth-order valence-electron chi connectivity index (χ4n) is 0.847. The van der Waals surface area contributed by atoms with Crippen molar-refractivity contribution in [1.82, 2.24) is 4.98 Å². The van der Waals surface area contributed by atoms with Gasteiger partial charge in [-0.1, -0.05) is 0 Å². The number of rotatable bonds is 2. The van der Waals surface area contributed by atoms with Gasteiger partial charge in [0.1, 0.15) is 3.70 Å². The molecule has 0 aliphatic heterocycles. The molecule has 0 atom stereocenters. The summed E-state index contributed by atoms with van der Waals surface area (Å²) in [4.78, 5) is 4.15. The normalized spacial score (nSPS) is 16.2. The second-order valence-electron chi connectivity index (χ2n) is 2.75. The van der Waals surface area contributed by atoms with Crippen LogP contribution in [0.4, 0.5) is 0 Å². The SMILES string of the molecule is Brc1cc(I)ncc1OC1CC1. The molecule has 0 N–H and O–H groups in total. The van der Waals surface area contributed by atoms with Crippen molar-refractivity contribution in [2.75, 3.05) is 0 Å². The van der Waals surface area contributed by atoms with Crippen LogP contribution in [0.5, 0.6) is 5.75 Å². The van der Waals surface area contributed by atoms with E-state index < -0.39 is 0 Å². The van der Waals surface area contributed by atoms with Gasteiger partial charge in [-0.15, -0.1) is 0 Å². The summed E-state index contributed by atoms with van der Waals surface area (Å²) >= 11 is 5.61. The molecule has 2 nitrogen and oxygen atoms in total. The first-order valence-electron chi connectivity index (χ1n) is 3.73. The van der Waals surface area contributed by atoms with Gasteiger partial charge in [0.05, 0.1) is 16.8 Å². The van der Waals surface area contributed by atoms with Crippen molar-refractivity contribution < 1.29 is 4.74 Å². The molecule has 12 heavy (non-hydrogen) atoms. The zero-order chi connectivity index (χ0) is 8.55. The van der Waals surface area contributed by atoms with Crippen molar-refractivity contribution in [3.05, 3.63) is 20.4 Å². The first-order chi connectivity index (χ1) is 5.75. The number of aromatic nitrogens is 1. The van der Waals surface area contributed by atoms with Crippen molar-refractivity contribution in [2.45, 2.75) is 18.9 Å². The lowest BCUT2D eigenvalue weighted by Gasteiger charge is -2.05. The molecule has 0 spiro atoms. The molecule has 2 rings (SSSR count). The summed E-state index contributed by atoms with van der Waals surface area (Å²) in [7, 11) is 0. The first kappa shape index (κ1) is 8.74. The molecule has 1 aliphatic carbocycles. The molecule has 0 amide bonds. The third-order valence-corrected chi connectivity index (χ3v) is 2.81. The van der Waals surface area contributed by atoms with E-state index in [1.807, 2.05) is 6.07 Å². The van der Waals surface area contributed by atoms with Gasteiger partial charge in [-0.3, -0.25) is 0 Å². The summed E-state index contributed by atoms with van der Waals surface area (Å²) in [5.41, 5.74) is 0. The van der Waals surface area contributed by atoms with E-state index in [0.29, 0.717) is 6.10 Å². The summed E-state index contributed by atoms with van der Waals surface area (Å²) in [5, 5.41) is 0. The van der Waals surface area contributed by atoms with Crippen LogP contribution in [0.25, 0.3) is 0 Å². The van der Waals surface area contributed by atoms with Crippen molar-refractivity contribution in [2.24, 2.45) is 0 Å². The average molecular weight is 340 g/mol. The van der Waals surface area contributed by atoms with Crippen LogP contribution >= 0.6 is 38.5 Å². The summed E-state index contributed by atoms with van der Waals surface area (Å²) in [6, 6.07) is 1.96. The van der Waals surface area contributed by atoms with Crippen LogP contribution in [0.2, 0.25) is 0 Å². The van der Waals surface area contributed by atoms with Gasteiger partial charge in [-0.25, -0.2) is 4.98 Å². The van der Waals surface area contributed by atoms with Crippen molar-refractivity contribution in [3.8, 4) is 5.75 Å². The Bertz CT molecular complexity index is 301. The van der Waals surface area contributed by atoms with Crippen LogP contribution < -0.4 is 4.74 Å². The number of ether oxygens (including phenoxy) is 1. The maximum Gasteiger partial charge on any atom is 0.152 e. The molecule has 64 valence electrons. The van der Waals surface area contributed by atoms with Gasteiger partial charge < -0.3 is 4.74 Å². The number of pyridine rings is 1. The van der Waals surface area contributed by atoms with Crippen LogP contribution in [0, 0.1) is 3.70 Å². The van der Waals surface area contributed by atoms with E-state index in [0.717, 1.165) is 13.9 Å². The lowest BCUT2D eigenvalue weighted by Crippen LogP contribution is -1.97. The van der Waals surface area contributed by atoms with Gasteiger partial charge in [-0.05, 0) is 57.4 Å². The third kappa shape index (κ3) is 2.10. The van der Waals surface area contributed by atoms with E-state index in [-0.39, 0.29) is 0 Å². The molecule has 0 aromatic carbocycles. The predicted octanol–water partition coefficient (Wildman–Crippen LogP) is 2.99. The van der Waals surface area contributed by atoms with Crippen molar-refractivity contribution in [3.63, 3.8) is 0 Å². The predicted molar refractivity (Wildman–Crippen MR) is 58.3 cm³/mol. The summed E-state index contributed by atoms with van der Waals surface area (Å²) in [6.45, 7) is 0. The van der Waals surface area contributed by atoms with Crippen molar-refractivity contribution >= 4 is 38.5 Å². The molecule has 0 radical (unpaired) electrons. The van der Waals surface area contributed by atoms with Gasteiger partial charge in [0, 0.05) is 0 Å². The number of hydrogen-bond acceptors (Lipinski definition) is 2. The van der Waals surface area contributed by atoms with E-state index in [4.69, 9.17) is 4.74 Å². The third-order valence-electron chi connectivity index (χ3n) is 1.60. The summed E-state index contributed by atoms with van der Waals surface area (Å²) in [6.07, 6.45) is 4.56. The first-order valence-corrected chi connectivity index (χ1v) is 5.60. The van der Waals surface area contributed by atoms with Crippen LogP contribution in [0.3, 0.4) is 0 Å². The summed E-state index contributed by atoms with van der Waals surface area (Å²) in [5.74, 6) is 0.859. The van der Waals surface area contributed by atoms with E-state index >= 15 is 0 Å². The molecule has 1 saturated carbocycles. The molecule has 1 aromatic rings. The maximum atomic E-state index is 5.60. The standard InChI is InChI=1S/C8H7BrINO/c9-6-3-8(10)11-4-7(6)12-5-1-2-5/h3-5H,1-2H2. The fourth-order valence-corrected chi connectivity index (χ4v) is 2.14. The lowest BCUT2D eigenvalue weighted by atomic mass is 10.5. The molecular formula is C8H7BrINO. The number of hydrogen-bond donors (Lipinski definition) is 0. The average Bonchev–Trinajstić information content (AvgIpc) is 2.79. The second kappa shape index (κ2) is 3.49. The molecular weight excluding hydrogens is 333 g/mol. The van der Waals surface area contributed by atoms with Gasteiger partial charge in [-0.2, -0.15) is 0 Å². The zero-order valence-electron chi connectivity index (χ0n) is 6.26. The summed E-state index contributed by atoms with van der Waals surface area (Å²) < 4.78 is 7.57. The highest BCUT2D eigenvalue weighted by Gasteiger charge is 2.24. The van der Waals surface area contributed by atoms with Crippen molar-refractivity contribution in [1.29, 1.82) is 0 Å². The van der Waals surface area contributed by atoms with Crippen LogP contribution in [-0.2, 0) is 0 Å². The van der Waals surface area contributed by atoms with Crippen LogP contribution in [0.1, 0.15) is 12.8 Å². The minimum absolute atomic E-state index is 0.433. The smallest absolute Gasteiger partial charge is 0.152 e. The zero-order valence-corrected chi connectivity index (χ0v) is 10.0. The van der Waals surface area contributed by atoms with Gasteiger partial charge in [0.25, 0.3) is 0 Å². The Morgan fingerprint density at radius 2 is 2.33 bits per heavy atom. The minimum Gasteiger partial charge on any atom is -0.488 e. The Labute approximate surface area is 93.0 Å². The Morgan fingerprint density at radius 1 is 1.58 bits per heavy atom. The Hall–Kier alpha value is 0.160. The van der Waals surface area contributed by atoms with E-state index in [1.165, 1.54) is 12.8 Å². The van der Waals surface area contributed by atoms with Gasteiger partial charge >= 0.3 is 0 Å². The van der Waals surface area contributed by atoms with Crippen LogP contribution in [-0.4, -0.2) is 11.1 Å². The molecule has 4 heteroatoms. The molecule has 1 heterocycles. The molecule has 0 saturated heterocycles. The van der Waals surface area contributed by atoms with Gasteiger partial charge in [0.2, 0.25) is 0 Å². The van der Waals surface area contributed by atoms with E-state index in [1.54, 1.807) is 6.20 Å². The highest BCUT2D eigenvalue weighted by molar-refractivity contribution is 14.1. The highest BCUT2D eigenvalue weighted by atomic mass is 127. The second-order valence-corrected chi connectivity index (χ2v) is 4.71. The van der Waals surface area contributed by atoms with Crippen LogP contribution in [0.15, 0.2) is 16.7 Å². The number of nitrogens with zero attached hydrogens (tertiary/aromatic N) is 1. The topological polar surface area (TPSA) is 22.1 Å². The Kier molecular flexibility index (Phi) is 2.55. The quantitative estimate of drug-likeness (QED) is 0.610. The lowest BCUT2D eigenvalue weighted by molar-refractivity contribution is 0.300.